The van der Waals surface area contributed by atoms with Gasteiger partial charge < -0.3 is 10.3 Å². The van der Waals surface area contributed by atoms with Crippen LogP contribution in [-0.2, 0) is 0 Å². The van der Waals surface area contributed by atoms with E-state index in [-0.39, 0.29) is 0 Å². The minimum Gasteiger partial charge on any atom is -0.364 e. The first-order chi connectivity index (χ1) is 8.85. The highest BCUT2D eigenvalue weighted by Gasteiger charge is 2.28. The number of aromatic nitrogens is 1. The minimum absolute atomic E-state index is 0.535. The van der Waals surface area contributed by atoms with E-state index < -0.39 is 0 Å². The molecule has 1 heterocycles. The Morgan fingerprint density at radius 3 is 2.61 bits per heavy atom. The molecule has 1 aliphatic rings. The summed E-state index contributed by atoms with van der Waals surface area (Å²) in [6.07, 6.45) is 10.5. The number of nitrogens with one attached hydrogen (secondary N) is 2. The molecule has 0 radical (unpaired) electrons. The monoisotopic (exact) mass is 248 g/mol. The summed E-state index contributed by atoms with van der Waals surface area (Å²) in [7, 11) is 0. The molecule has 1 aromatic heterocycles. The summed E-state index contributed by atoms with van der Waals surface area (Å²) in [5.41, 5.74) is 1.37. The molecular formula is C16H28N2. The van der Waals surface area contributed by atoms with Crippen molar-refractivity contribution in [3.05, 3.63) is 24.0 Å². The van der Waals surface area contributed by atoms with Crippen molar-refractivity contribution in [2.45, 2.75) is 58.4 Å². The second-order valence-corrected chi connectivity index (χ2v) is 5.73. The summed E-state index contributed by atoms with van der Waals surface area (Å²) in [5.74, 6) is 1.81. The predicted octanol–water partition coefficient (Wildman–Crippen LogP) is 4.27. The van der Waals surface area contributed by atoms with Gasteiger partial charge in [0.05, 0.1) is 6.04 Å². The summed E-state index contributed by atoms with van der Waals surface area (Å²) in [5, 5.41) is 3.67. The molecule has 102 valence electrons. The first-order valence-electron chi connectivity index (χ1n) is 7.71. The molecule has 1 saturated carbocycles. The number of hydrogen-bond acceptors (Lipinski definition) is 1. The molecule has 0 amide bonds. The van der Waals surface area contributed by atoms with Crippen LogP contribution in [-0.4, -0.2) is 11.5 Å². The molecule has 2 N–H and O–H groups in total. The minimum atomic E-state index is 0.535. The van der Waals surface area contributed by atoms with E-state index in [1.807, 2.05) is 6.20 Å². The van der Waals surface area contributed by atoms with Gasteiger partial charge in [0.15, 0.2) is 0 Å². The Hall–Kier alpha value is -0.760. The lowest BCUT2D eigenvalue weighted by Gasteiger charge is -2.34. The van der Waals surface area contributed by atoms with E-state index in [1.54, 1.807) is 0 Å². The highest BCUT2D eigenvalue weighted by molar-refractivity contribution is 5.10. The van der Waals surface area contributed by atoms with Crippen LogP contribution in [0.5, 0.6) is 0 Å². The lowest BCUT2D eigenvalue weighted by molar-refractivity contribution is 0.214. The van der Waals surface area contributed by atoms with Gasteiger partial charge in [0.25, 0.3) is 0 Å². The van der Waals surface area contributed by atoms with Crippen LogP contribution < -0.4 is 5.32 Å². The van der Waals surface area contributed by atoms with E-state index in [1.165, 1.54) is 44.2 Å². The van der Waals surface area contributed by atoms with E-state index in [0.29, 0.717) is 6.04 Å². The Morgan fingerprint density at radius 2 is 2.06 bits per heavy atom. The van der Waals surface area contributed by atoms with Crippen molar-refractivity contribution in [1.29, 1.82) is 0 Å². The van der Waals surface area contributed by atoms with Crippen LogP contribution in [0.2, 0.25) is 0 Å². The summed E-state index contributed by atoms with van der Waals surface area (Å²) >= 11 is 0. The molecule has 2 heteroatoms. The topological polar surface area (TPSA) is 27.8 Å². The molecule has 1 atom stereocenters. The van der Waals surface area contributed by atoms with Crippen LogP contribution in [0.1, 0.15) is 64.1 Å². The zero-order chi connectivity index (χ0) is 12.8. The maximum Gasteiger partial charge on any atom is 0.0501 e. The van der Waals surface area contributed by atoms with Crippen molar-refractivity contribution in [3.63, 3.8) is 0 Å². The fourth-order valence-corrected chi connectivity index (χ4v) is 3.51. The van der Waals surface area contributed by atoms with E-state index in [4.69, 9.17) is 0 Å². The molecule has 1 unspecified atom stereocenters. The van der Waals surface area contributed by atoms with Crippen molar-refractivity contribution >= 4 is 0 Å². The molecule has 0 aromatic carbocycles. The number of H-pyrrole nitrogens is 1. The molecule has 1 fully saturated rings. The van der Waals surface area contributed by atoms with Gasteiger partial charge in [0.1, 0.15) is 0 Å². The van der Waals surface area contributed by atoms with Gasteiger partial charge in [-0.1, -0.05) is 39.5 Å². The molecule has 0 aliphatic heterocycles. The van der Waals surface area contributed by atoms with Crippen LogP contribution >= 0.6 is 0 Å². The van der Waals surface area contributed by atoms with Gasteiger partial charge in [0.2, 0.25) is 0 Å². The van der Waals surface area contributed by atoms with Gasteiger partial charge in [-0.15, -0.1) is 0 Å². The summed E-state index contributed by atoms with van der Waals surface area (Å²) in [6, 6.07) is 4.88. The summed E-state index contributed by atoms with van der Waals surface area (Å²) < 4.78 is 0. The number of aromatic amines is 1. The average molecular weight is 248 g/mol. The maximum atomic E-state index is 3.67. The van der Waals surface area contributed by atoms with Crippen LogP contribution in [0.3, 0.4) is 0 Å². The first kappa shape index (κ1) is 13.7. The normalized spacial score (nSPS) is 26.1. The molecule has 1 aromatic rings. The Morgan fingerprint density at radius 1 is 1.28 bits per heavy atom. The highest BCUT2D eigenvalue weighted by atomic mass is 14.9. The van der Waals surface area contributed by atoms with Gasteiger partial charge in [-0.25, -0.2) is 0 Å². The standard InChI is InChI=1S/C16H28N2/c1-3-6-13-8-10-14(11-9-13)16(17-4-2)15-7-5-12-18-15/h5,7,12-14,16-18H,3-4,6,8-11H2,1-2H3. The average Bonchev–Trinajstić information content (AvgIpc) is 2.91. The van der Waals surface area contributed by atoms with Crippen LogP contribution in [0.4, 0.5) is 0 Å². The second kappa shape index (κ2) is 6.98. The van der Waals surface area contributed by atoms with Gasteiger partial charge in [-0.2, -0.15) is 0 Å². The predicted molar refractivity (Wildman–Crippen MR) is 77.6 cm³/mol. The Balaban J connectivity index is 1.92. The van der Waals surface area contributed by atoms with E-state index in [2.05, 4.69) is 36.3 Å². The molecule has 2 nitrogen and oxygen atoms in total. The summed E-state index contributed by atoms with van der Waals surface area (Å²) in [4.78, 5) is 3.39. The molecule has 0 bridgehead atoms. The van der Waals surface area contributed by atoms with E-state index in [9.17, 15) is 0 Å². The van der Waals surface area contributed by atoms with E-state index >= 15 is 0 Å². The van der Waals surface area contributed by atoms with E-state index in [0.717, 1.165) is 18.4 Å². The molecule has 1 aliphatic carbocycles. The van der Waals surface area contributed by atoms with Gasteiger partial charge >= 0.3 is 0 Å². The summed E-state index contributed by atoms with van der Waals surface area (Å²) in [6.45, 7) is 5.57. The van der Waals surface area contributed by atoms with Gasteiger partial charge in [0, 0.05) is 11.9 Å². The third kappa shape index (κ3) is 3.38. The van der Waals surface area contributed by atoms with Gasteiger partial charge in [-0.05, 0) is 43.4 Å². The molecule has 18 heavy (non-hydrogen) atoms. The third-order valence-corrected chi connectivity index (χ3v) is 4.44. The quantitative estimate of drug-likeness (QED) is 0.773. The van der Waals surface area contributed by atoms with Crippen molar-refractivity contribution in [1.82, 2.24) is 10.3 Å². The molecular weight excluding hydrogens is 220 g/mol. The third-order valence-electron chi connectivity index (χ3n) is 4.44. The number of rotatable bonds is 6. The largest absolute Gasteiger partial charge is 0.364 e. The maximum absolute atomic E-state index is 3.67. The zero-order valence-electron chi connectivity index (χ0n) is 11.9. The van der Waals surface area contributed by atoms with Crippen molar-refractivity contribution in [2.75, 3.05) is 6.54 Å². The zero-order valence-corrected chi connectivity index (χ0v) is 11.9. The van der Waals surface area contributed by atoms with Gasteiger partial charge in [-0.3, -0.25) is 0 Å². The Labute approximate surface area is 112 Å². The van der Waals surface area contributed by atoms with Crippen molar-refractivity contribution in [2.24, 2.45) is 11.8 Å². The molecule has 0 saturated heterocycles. The molecule has 0 spiro atoms. The highest BCUT2D eigenvalue weighted by Crippen LogP contribution is 2.37. The van der Waals surface area contributed by atoms with Crippen LogP contribution in [0.25, 0.3) is 0 Å². The number of hydrogen-bond donors (Lipinski definition) is 2. The van der Waals surface area contributed by atoms with Crippen molar-refractivity contribution in [3.8, 4) is 0 Å². The Bertz CT molecular complexity index is 310. The SMILES string of the molecule is CCCC1CCC(C(NCC)c2ccc[nH]2)CC1. The lowest BCUT2D eigenvalue weighted by atomic mass is 9.76. The second-order valence-electron chi connectivity index (χ2n) is 5.73. The molecule has 2 rings (SSSR count). The van der Waals surface area contributed by atoms with Crippen LogP contribution in [0, 0.1) is 11.8 Å². The Kier molecular flexibility index (Phi) is 5.30. The van der Waals surface area contributed by atoms with Crippen molar-refractivity contribution < 1.29 is 0 Å². The van der Waals surface area contributed by atoms with Crippen LogP contribution in [0.15, 0.2) is 18.3 Å². The lowest BCUT2D eigenvalue weighted by Crippen LogP contribution is -2.31. The smallest absolute Gasteiger partial charge is 0.0501 e. The first-order valence-corrected chi connectivity index (χ1v) is 7.71. The fourth-order valence-electron chi connectivity index (χ4n) is 3.51. The fraction of sp³-hybridized carbons (Fsp3) is 0.750.